The molecule has 1 fully saturated rings. The van der Waals surface area contributed by atoms with Crippen LogP contribution in [0.1, 0.15) is 38.1 Å². The summed E-state index contributed by atoms with van der Waals surface area (Å²) >= 11 is 0.921. The number of methoxy groups -OCH3 is 2. The molecule has 1 aliphatic rings. The van der Waals surface area contributed by atoms with E-state index < -0.39 is 23.7 Å². The zero-order valence-electron chi connectivity index (χ0n) is 21.3. The van der Waals surface area contributed by atoms with Crippen molar-refractivity contribution in [2.75, 3.05) is 25.7 Å². The van der Waals surface area contributed by atoms with Crippen molar-refractivity contribution in [3.05, 3.63) is 88.0 Å². The second-order valence-electron chi connectivity index (χ2n) is 8.39. The number of aromatic nitrogens is 1. The lowest BCUT2D eigenvalue weighted by molar-refractivity contribution is -0.132. The number of benzene rings is 2. The predicted octanol–water partition coefficient (Wildman–Crippen LogP) is 4.75. The highest BCUT2D eigenvalue weighted by Gasteiger charge is 2.49. The highest BCUT2D eigenvalue weighted by Crippen LogP contribution is 2.46. The van der Waals surface area contributed by atoms with Gasteiger partial charge in [-0.05, 0) is 43.7 Å². The van der Waals surface area contributed by atoms with Gasteiger partial charge in [-0.3, -0.25) is 14.5 Å². The molecule has 0 radical (unpaired) electrons. The normalized spacial score (nSPS) is 16.4. The molecule has 3 aromatic rings. The monoisotopic (exact) mass is 534 g/mol. The van der Waals surface area contributed by atoms with Gasteiger partial charge >= 0.3 is 11.9 Å². The Morgan fingerprint density at radius 2 is 1.84 bits per heavy atom. The number of carbonyl (C=O) groups excluding carboxylic acids is 3. The zero-order valence-corrected chi connectivity index (χ0v) is 22.1. The molecular weight excluding hydrogens is 508 g/mol. The number of ketones is 1. The summed E-state index contributed by atoms with van der Waals surface area (Å²) in [5, 5.41) is 11.5. The number of hydrogen-bond donors (Lipinski definition) is 1. The van der Waals surface area contributed by atoms with Crippen molar-refractivity contribution in [1.82, 2.24) is 4.98 Å². The van der Waals surface area contributed by atoms with E-state index in [0.717, 1.165) is 16.9 Å². The summed E-state index contributed by atoms with van der Waals surface area (Å²) in [7, 11) is 3.01. The van der Waals surface area contributed by atoms with Gasteiger partial charge in [0.25, 0.3) is 5.78 Å². The van der Waals surface area contributed by atoms with Crippen LogP contribution in [0.4, 0.5) is 5.13 Å². The summed E-state index contributed by atoms with van der Waals surface area (Å²) in [6.45, 7) is 6.96. The lowest BCUT2D eigenvalue weighted by atomic mass is 9.94. The van der Waals surface area contributed by atoms with E-state index in [4.69, 9.17) is 14.2 Å². The van der Waals surface area contributed by atoms with Crippen molar-refractivity contribution >= 4 is 39.9 Å². The maximum Gasteiger partial charge on any atom is 0.350 e. The van der Waals surface area contributed by atoms with Crippen LogP contribution in [0.3, 0.4) is 0 Å². The number of para-hydroxylation sites is 1. The Kier molecular flexibility index (Phi) is 7.63. The van der Waals surface area contributed by atoms with E-state index in [2.05, 4.69) is 11.6 Å². The molecule has 38 heavy (non-hydrogen) atoms. The number of hydrogen-bond acceptors (Lipinski definition) is 9. The van der Waals surface area contributed by atoms with E-state index in [9.17, 15) is 19.5 Å². The number of aryl methyl sites for hydroxylation is 2. The zero-order chi connectivity index (χ0) is 27.6. The fourth-order valence-corrected chi connectivity index (χ4v) is 5.26. The maximum atomic E-state index is 13.5. The lowest BCUT2D eigenvalue weighted by Crippen LogP contribution is -2.29. The summed E-state index contributed by atoms with van der Waals surface area (Å²) < 4.78 is 16.0. The van der Waals surface area contributed by atoms with Gasteiger partial charge < -0.3 is 19.3 Å². The van der Waals surface area contributed by atoms with E-state index in [1.165, 1.54) is 25.2 Å². The third kappa shape index (κ3) is 4.66. The number of aliphatic hydroxyl groups is 1. The second-order valence-corrected chi connectivity index (χ2v) is 9.37. The molecule has 196 valence electrons. The Hall–Kier alpha value is -4.44. The average Bonchev–Trinajstić information content (AvgIpc) is 3.43. The molecule has 4 rings (SSSR count). The first-order valence-electron chi connectivity index (χ1n) is 11.6. The lowest BCUT2D eigenvalue weighted by Gasteiger charge is -2.24. The number of amides is 1. The van der Waals surface area contributed by atoms with E-state index in [0.29, 0.717) is 28.3 Å². The first kappa shape index (κ1) is 26.6. The van der Waals surface area contributed by atoms with Crippen LogP contribution in [-0.2, 0) is 14.3 Å². The third-order valence-electron chi connectivity index (χ3n) is 6.06. The molecule has 1 aliphatic heterocycles. The quantitative estimate of drug-likeness (QED) is 0.145. The summed E-state index contributed by atoms with van der Waals surface area (Å²) in [5.74, 6) is -1.75. The number of ether oxygens (including phenoxy) is 3. The van der Waals surface area contributed by atoms with Crippen LogP contribution in [-0.4, -0.2) is 48.6 Å². The van der Waals surface area contributed by atoms with Gasteiger partial charge in [0.1, 0.15) is 34.8 Å². The Balaban J connectivity index is 1.93. The van der Waals surface area contributed by atoms with Gasteiger partial charge in [0.2, 0.25) is 0 Å². The van der Waals surface area contributed by atoms with Crippen LogP contribution in [0.15, 0.2) is 60.7 Å². The SMILES string of the molecule is C=CCOC(=O)c1sc(N2C(=O)C(=O)C(=C(O)c3ccc(OC)c(C)c3)[C@H]2c2ccccc2OC)nc1C. The summed E-state index contributed by atoms with van der Waals surface area (Å²) in [6, 6.07) is 10.8. The number of Topliss-reactive ketones (excluding diaryl/α,β-unsaturated/α-hetero) is 1. The second kappa shape index (κ2) is 10.9. The van der Waals surface area contributed by atoms with Gasteiger partial charge in [-0.15, -0.1) is 0 Å². The van der Waals surface area contributed by atoms with Crippen LogP contribution >= 0.6 is 11.3 Å². The summed E-state index contributed by atoms with van der Waals surface area (Å²) in [4.78, 5) is 45.3. The van der Waals surface area contributed by atoms with Gasteiger partial charge in [-0.2, -0.15) is 0 Å². The Morgan fingerprint density at radius 1 is 1.13 bits per heavy atom. The van der Waals surface area contributed by atoms with E-state index >= 15 is 0 Å². The Bertz CT molecular complexity index is 1470. The van der Waals surface area contributed by atoms with Crippen molar-refractivity contribution in [2.45, 2.75) is 19.9 Å². The molecule has 9 nitrogen and oxygen atoms in total. The van der Waals surface area contributed by atoms with Gasteiger partial charge in [0.05, 0.1) is 25.5 Å². The van der Waals surface area contributed by atoms with Crippen LogP contribution in [0, 0.1) is 13.8 Å². The summed E-state index contributed by atoms with van der Waals surface area (Å²) in [5.41, 5.74) is 1.74. The molecule has 2 aromatic carbocycles. The molecule has 10 heteroatoms. The topological polar surface area (TPSA) is 115 Å². The number of nitrogens with zero attached hydrogens (tertiary/aromatic N) is 2. The van der Waals surface area contributed by atoms with Gasteiger partial charge in [0, 0.05) is 11.1 Å². The minimum atomic E-state index is -1.07. The van der Waals surface area contributed by atoms with E-state index in [1.54, 1.807) is 56.3 Å². The average molecular weight is 535 g/mol. The molecule has 0 aliphatic carbocycles. The fraction of sp³-hybridized carbons (Fsp3) is 0.214. The largest absolute Gasteiger partial charge is 0.507 e. The van der Waals surface area contributed by atoms with Crippen LogP contribution < -0.4 is 14.4 Å². The Labute approximate surface area is 223 Å². The molecule has 0 unspecified atom stereocenters. The number of anilines is 1. The number of thiazole rings is 1. The molecule has 1 N–H and O–H groups in total. The van der Waals surface area contributed by atoms with E-state index in [1.807, 2.05) is 0 Å². The van der Waals surface area contributed by atoms with Crippen molar-refractivity contribution in [3.8, 4) is 11.5 Å². The van der Waals surface area contributed by atoms with Gasteiger partial charge in [-0.1, -0.05) is 42.2 Å². The fourth-order valence-electron chi connectivity index (χ4n) is 4.27. The number of carbonyl (C=O) groups is 3. The number of esters is 1. The molecule has 1 amide bonds. The van der Waals surface area contributed by atoms with Crippen LogP contribution in [0.2, 0.25) is 0 Å². The van der Waals surface area contributed by atoms with Crippen molar-refractivity contribution in [1.29, 1.82) is 0 Å². The minimum Gasteiger partial charge on any atom is -0.507 e. The smallest absolute Gasteiger partial charge is 0.350 e. The first-order chi connectivity index (χ1) is 18.2. The molecule has 1 aromatic heterocycles. The van der Waals surface area contributed by atoms with Crippen LogP contribution in [0.5, 0.6) is 11.5 Å². The van der Waals surface area contributed by atoms with E-state index in [-0.39, 0.29) is 27.9 Å². The number of rotatable bonds is 8. The molecule has 2 heterocycles. The highest BCUT2D eigenvalue weighted by atomic mass is 32.1. The van der Waals surface area contributed by atoms with Crippen molar-refractivity contribution in [2.24, 2.45) is 0 Å². The molecular formula is C28H26N2O7S. The predicted molar refractivity (Wildman–Crippen MR) is 143 cm³/mol. The van der Waals surface area contributed by atoms with Crippen molar-refractivity contribution in [3.63, 3.8) is 0 Å². The summed E-state index contributed by atoms with van der Waals surface area (Å²) in [6.07, 6.45) is 1.44. The first-order valence-corrected chi connectivity index (χ1v) is 12.4. The highest BCUT2D eigenvalue weighted by molar-refractivity contribution is 7.17. The standard InChI is InChI=1S/C28H26N2O7S/c1-6-13-37-27(34)25-16(3)29-28(38-25)30-22(18-9-7-8-10-20(18)36-5)21(24(32)26(30)33)23(31)17-11-12-19(35-4)15(2)14-17/h6-12,14,22,31H,1,13H2,2-5H3/t22-/m1/s1. The molecule has 1 atom stereocenters. The van der Waals surface area contributed by atoms with Crippen molar-refractivity contribution < 1.29 is 33.7 Å². The molecule has 0 spiro atoms. The third-order valence-corrected chi connectivity index (χ3v) is 7.19. The van der Waals surface area contributed by atoms with Gasteiger partial charge in [-0.25, -0.2) is 9.78 Å². The van der Waals surface area contributed by atoms with Gasteiger partial charge in [0.15, 0.2) is 5.13 Å². The maximum absolute atomic E-state index is 13.5. The molecule has 0 bridgehead atoms. The Morgan fingerprint density at radius 3 is 2.50 bits per heavy atom. The molecule has 0 saturated carbocycles. The molecule has 1 saturated heterocycles. The van der Waals surface area contributed by atoms with Crippen LogP contribution in [0.25, 0.3) is 5.76 Å². The number of aliphatic hydroxyl groups excluding tert-OH is 1. The minimum absolute atomic E-state index is 0.0124.